The molecule has 186 valence electrons. The maximum atomic E-state index is 12.4. The van der Waals surface area contributed by atoms with Crippen LogP contribution in [-0.2, 0) is 18.6 Å². The average Bonchev–Trinajstić information content (AvgIpc) is 2.69. The third-order valence-corrected chi connectivity index (χ3v) is 5.97. The summed E-state index contributed by atoms with van der Waals surface area (Å²) in [5.41, 5.74) is 0. The molecular formula is C22H46NO7P. The van der Waals surface area contributed by atoms with Crippen LogP contribution in [0.25, 0.3) is 0 Å². The second kappa shape index (κ2) is 18.1. The molecule has 4 atom stereocenters. The predicted molar refractivity (Wildman–Crippen MR) is 121 cm³/mol. The summed E-state index contributed by atoms with van der Waals surface area (Å²) >= 11 is 0. The molecule has 0 aromatic carbocycles. The normalized spacial score (nSPS) is 16.1. The smallest absolute Gasteiger partial charge is 0.330 e. The van der Waals surface area contributed by atoms with E-state index in [1.807, 2.05) is 0 Å². The van der Waals surface area contributed by atoms with E-state index in [1.165, 1.54) is 32.1 Å². The zero-order valence-electron chi connectivity index (χ0n) is 20.3. The van der Waals surface area contributed by atoms with Crippen LogP contribution in [0.2, 0.25) is 0 Å². The fraction of sp³-hybridized carbons (Fsp3) is 0.955. The van der Waals surface area contributed by atoms with E-state index >= 15 is 0 Å². The lowest BCUT2D eigenvalue weighted by Crippen LogP contribution is -2.60. The first kappa shape index (κ1) is 30.7. The number of carboxylic acids is 1. The summed E-state index contributed by atoms with van der Waals surface area (Å²) in [6.45, 7) is 5.41. The molecule has 0 amide bonds. The lowest BCUT2D eigenvalue weighted by molar-refractivity contribution is -0.973. The van der Waals surface area contributed by atoms with Crippen LogP contribution in [-0.4, -0.2) is 73.2 Å². The van der Waals surface area contributed by atoms with E-state index in [9.17, 15) is 14.8 Å². The van der Waals surface area contributed by atoms with E-state index in [-0.39, 0.29) is 4.48 Å². The van der Waals surface area contributed by atoms with Crippen LogP contribution in [0, 0.1) is 0 Å². The van der Waals surface area contributed by atoms with Gasteiger partial charge >= 0.3 is 14.6 Å². The van der Waals surface area contributed by atoms with E-state index in [0.717, 1.165) is 38.7 Å². The van der Waals surface area contributed by atoms with Gasteiger partial charge in [0.1, 0.15) is 6.10 Å². The van der Waals surface area contributed by atoms with Crippen molar-refractivity contribution in [2.45, 2.75) is 103 Å². The number of carbonyl (C=O) groups is 1. The van der Waals surface area contributed by atoms with Gasteiger partial charge in [0.15, 0.2) is 0 Å². The number of aliphatic carboxylic acids is 1. The zero-order chi connectivity index (χ0) is 23.7. The third kappa shape index (κ3) is 16.9. The highest BCUT2D eigenvalue weighted by Crippen LogP contribution is 2.36. The number of hydrogen-bond donors (Lipinski definition) is 2. The molecule has 0 aromatic rings. The Hall–Kier alpha value is -0.340. The summed E-state index contributed by atoms with van der Waals surface area (Å²) in [6.07, 6.45) is 8.49. The third-order valence-electron chi connectivity index (χ3n) is 5.11. The van der Waals surface area contributed by atoms with E-state index in [2.05, 4.69) is 13.8 Å². The van der Waals surface area contributed by atoms with Crippen molar-refractivity contribution in [3.63, 3.8) is 0 Å². The number of likely N-dealkylation sites (N-methyl/N-ethyl adjacent to an activating group) is 1. The Bertz CT molecular complexity index is 448. The molecule has 0 saturated heterocycles. The van der Waals surface area contributed by atoms with Gasteiger partial charge in [-0.1, -0.05) is 46.0 Å². The van der Waals surface area contributed by atoms with Crippen molar-refractivity contribution in [2.75, 3.05) is 34.4 Å². The molecule has 0 aliphatic rings. The van der Waals surface area contributed by atoms with Gasteiger partial charge in [-0.25, -0.2) is 0 Å². The van der Waals surface area contributed by atoms with Gasteiger partial charge in [-0.3, -0.25) is 4.79 Å². The fourth-order valence-electron chi connectivity index (χ4n) is 3.16. The number of rotatable bonds is 21. The van der Waals surface area contributed by atoms with Gasteiger partial charge in [0.25, 0.3) is 0 Å². The number of carboxylic acid groups (broad SMARTS) is 1. The van der Waals surface area contributed by atoms with Crippen LogP contribution in [0.4, 0.5) is 0 Å². The highest BCUT2D eigenvalue weighted by molar-refractivity contribution is 7.40. The van der Waals surface area contributed by atoms with Gasteiger partial charge in [0.05, 0.1) is 40.3 Å². The first-order valence-corrected chi connectivity index (χ1v) is 12.8. The van der Waals surface area contributed by atoms with E-state index in [0.29, 0.717) is 12.7 Å². The average molecular weight is 468 g/mol. The summed E-state index contributed by atoms with van der Waals surface area (Å²) in [4.78, 5) is 20.9. The summed E-state index contributed by atoms with van der Waals surface area (Å²) in [6, 6.07) is 0. The maximum absolute atomic E-state index is 12.4. The number of unbranched alkanes of at least 4 members (excludes halogenated alkanes) is 6. The van der Waals surface area contributed by atoms with Crippen LogP contribution in [0.15, 0.2) is 0 Å². The molecule has 0 heterocycles. The quantitative estimate of drug-likeness (QED) is 0.114. The molecule has 4 unspecified atom stereocenters. The molecule has 0 aliphatic heterocycles. The zero-order valence-corrected chi connectivity index (χ0v) is 21.1. The highest BCUT2D eigenvalue weighted by atomic mass is 31.2. The molecule has 0 aliphatic carbocycles. The van der Waals surface area contributed by atoms with Crippen LogP contribution in [0.3, 0.4) is 0 Å². The summed E-state index contributed by atoms with van der Waals surface area (Å²) in [5, 5.41) is 21.4. The van der Waals surface area contributed by atoms with Crippen LogP contribution >= 0.6 is 8.60 Å². The number of nitrogens with zero attached hydrogens (tertiary/aromatic N) is 1. The van der Waals surface area contributed by atoms with Gasteiger partial charge in [0, 0.05) is 12.8 Å². The van der Waals surface area contributed by atoms with Crippen molar-refractivity contribution in [3.05, 3.63) is 0 Å². The SMILES string of the molecule is CCCCCCCC(CC)OCCCCCOP(O)OC(CC(=O)O)C([O-])[N+](C)(C)C. The summed E-state index contributed by atoms with van der Waals surface area (Å²) < 4.78 is 16.5. The van der Waals surface area contributed by atoms with Gasteiger partial charge in [-0.15, -0.1) is 0 Å². The van der Waals surface area contributed by atoms with Crippen molar-refractivity contribution >= 4 is 14.6 Å². The Balaban J connectivity index is 3.96. The Kier molecular flexibility index (Phi) is 17.9. The minimum atomic E-state index is -2.28. The Morgan fingerprint density at radius 2 is 1.61 bits per heavy atom. The number of ether oxygens (including phenoxy) is 1. The van der Waals surface area contributed by atoms with Crippen molar-refractivity contribution in [1.82, 2.24) is 0 Å². The molecule has 2 N–H and O–H groups in total. The summed E-state index contributed by atoms with van der Waals surface area (Å²) in [7, 11) is 2.70. The standard InChI is InChI=1S/C22H46NO7P/c1-6-8-9-10-12-15-19(7-2)28-16-13-11-14-17-29-31(27)30-20(18-21(24)25)22(26)23(3,4)5/h19-20,22,27H,6-18H2,1-5H3,(H,24,25). The van der Waals surface area contributed by atoms with Crippen LogP contribution in [0.5, 0.6) is 0 Å². The van der Waals surface area contributed by atoms with E-state index in [1.54, 1.807) is 21.1 Å². The van der Waals surface area contributed by atoms with Gasteiger partial charge in [0.2, 0.25) is 0 Å². The Morgan fingerprint density at radius 1 is 1.00 bits per heavy atom. The molecule has 0 saturated carbocycles. The van der Waals surface area contributed by atoms with Crippen molar-refractivity contribution in [3.8, 4) is 0 Å². The molecule has 0 spiro atoms. The first-order chi connectivity index (χ1) is 14.6. The summed E-state index contributed by atoms with van der Waals surface area (Å²) in [5.74, 6) is -1.14. The Morgan fingerprint density at radius 3 is 2.19 bits per heavy atom. The molecule has 0 aromatic heterocycles. The number of quaternary nitrogens is 1. The topological polar surface area (TPSA) is 108 Å². The lowest BCUT2D eigenvalue weighted by Gasteiger charge is -2.42. The van der Waals surface area contributed by atoms with Gasteiger partial charge in [-0.05, 0) is 32.1 Å². The van der Waals surface area contributed by atoms with E-state index < -0.39 is 33.3 Å². The Labute approximate surface area is 190 Å². The molecular weight excluding hydrogens is 421 g/mol. The van der Waals surface area contributed by atoms with Crippen LogP contribution in [0.1, 0.15) is 84.5 Å². The van der Waals surface area contributed by atoms with E-state index in [4.69, 9.17) is 18.9 Å². The maximum Gasteiger partial charge on any atom is 0.330 e. The highest BCUT2D eigenvalue weighted by Gasteiger charge is 2.29. The lowest BCUT2D eigenvalue weighted by atomic mass is 10.1. The predicted octanol–water partition coefficient (Wildman–Crippen LogP) is 3.80. The molecule has 0 rings (SSSR count). The second-order valence-corrected chi connectivity index (χ2v) is 9.93. The van der Waals surface area contributed by atoms with Crippen molar-refractivity contribution in [1.29, 1.82) is 0 Å². The molecule has 0 bridgehead atoms. The molecule has 9 heteroatoms. The first-order valence-electron chi connectivity index (χ1n) is 11.7. The molecule has 31 heavy (non-hydrogen) atoms. The molecule has 0 fully saturated rings. The van der Waals surface area contributed by atoms with Gasteiger partial charge in [-0.2, -0.15) is 0 Å². The van der Waals surface area contributed by atoms with Gasteiger partial charge < -0.3 is 33.4 Å². The largest absolute Gasteiger partial charge is 0.804 e. The minimum absolute atomic E-state index is 0.0153. The minimum Gasteiger partial charge on any atom is -0.804 e. The van der Waals surface area contributed by atoms with Crippen LogP contribution < -0.4 is 5.11 Å². The molecule has 8 nitrogen and oxygen atoms in total. The van der Waals surface area contributed by atoms with Crippen molar-refractivity contribution < 1.29 is 38.2 Å². The second-order valence-electron chi connectivity index (χ2n) is 8.98. The monoisotopic (exact) mass is 467 g/mol. The fourth-order valence-corrected chi connectivity index (χ4v) is 3.92. The number of hydrogen-bond acceptors (Lipinski definition) is 6. The van der Waals surface area contributed by atoms with Crippen molar-refractivity contribution in [2.24, 2.45) is 0 Å². The molecule has 0 radical (unpaired) electrons.